The van der Waals surface area contributed by atoms with Gasteiger partial charge >= 0.3 is 66.0 Å². The molecule has 0 saturated heterocycles. The molecule has 0 spiro atoms. The fourth-order valence-corrected chi connectivity index (χ4v) is 2.10. The maximum Gasteiger partial charge on any atom is 2.00 e. The SMILES string of the molecule is O=C(O)C1(C(=O)O)CCC1.O=C(O)C1(C(=O)O)CCC1.[NH2-].[NH2-].[NH2-].[NH2-].[Pt+2].[Pt+2]. The molecule has 160 valence electrons. The smallest absolute Gasteiger partial charge is 0.693 e. The molecule has 26 heavy (non-hydrogen) atoms. The molecule has 0 heterocycles. The van der Waals surface area contributed by atoms with Crippen LogP contribution in [-0.2, 0) is 61.3 Å². The van der Waals surface area contributed by atoms with Crippen LogP contribution in [0.2, 0.25) is 0 Å². The normalized spacial score (nSPS) is 16.3. The fraction of sp³-hybridized carbons (Fsp3) is 0.667. The van der Waals surface area contributed by atoms with E-state index in [2.05, 4.69) is 0 Å². The molecule has 12 N–H and O–H groups in total. The minimum Gasteiger partial charge on any atom is -0.693 e. The van der Waals surface area contributed by atoms with Crippen LogP contribution < -0.4 is 0 Å². The Morgan fingerprint density at radius 1 is 0.500 bits per heavy atom. The quantitative estimate of drug-likeness (QED) is 0.308. The number of nitrogens with two attached hydrogens (primary N) is 4. The van der Waals surface area contributed by atoms with Crippen molar-refractivity contribution in [3.05, 3.63) is 24.6 Å². The Morgan fingerprint density at radius 3 is 0.654 bits per heavy atom. The number of carbonyl (C=O) groups is 4. The summed E-state index contributed by atoms with van der Waals surface area (Å²) in [5, 5.41) is 33.9. The molecule has 14 heteroatoms. The van der Waals surface area contributed by atoms with E-state index in [0.717, 1.165) is 0 Å². The van der Waals surface area contributed by atoms with Gasteiger partial charge < -0.3 is 45.0 Å². The van der Waals surface area contributed by atoms with E-state index in [-0.39, 0.29) is 92.4 Å². The van der Waals surface area contributed by atoms with Gasteiger partial charge in [-0.05, 0) is 38.5 Å². The summed E-state index contributed by atoms with van der Waals surface area (Å²) in [6.07, 6.45) is 2.52. The van der Waals surface area contributed by atoms with Crippen LogP contribution >= 0.6 is 0 Å². The zero-order valence-corrected chi connectivity index (χ0v) is 18.2. The van der Waals surface area contributed by atoms with Crippen molar-refractivity contribution >= 4 is 23.9 Å². The van der Waals surface area contributed by atoms with E-state index in [4.69, 9.17) is 20.4 Å². The standard InChI is InChI=1S/2C6H8O4.4H2N.2Pt/c2*7-4(8)6(5(9)10)2-1-3-6;;;;;;/h2*1-3H2,(H,7,8)(H,9,10);4*1H2;;/q;;4*-1;2*+2. The van der Waals surface area contributed by atoms with Crippen LogP contribution in [0.4, 0.5) is 0 Å². The van der Waals surface area contributed by atoms with Gasteiger partial charge in [0.1, 0.15) is 0 Å². The van der Waals surface area contributed by atoms with Gasteiger partial charge in [0.15, 0.2) is 10.8 Å². The van der Waals surface area contributed by atoms with E-state index in [1.54, 1.807) is 0 Å². The summed E-state index contributed by atoms with van der Waals surface area (Å²) in [6, 6.07) is 0. The first-order chi connectivity index (χ1) is 9.19. The second-order valence-corrected chi connectivity index (χ2v) is 5.09. The van der Waals surface area contributed by atoms with Crippen LogP contribution in [0.1, 0.15) is 38.5 Å². The van der Waals surface area contributed by atoms with Gasteiger partial charge in [-0.1, -0.05) is 0 Å². The topological polar surface area (TPSA) is 283 Å². The van der Waals surface area contributed by atoms with E-state index in [1.807, 2.05) is 0 Å². The predicted molar refractivity (Wildman–Crippen MR) is 84.2 cm³/mol. The Morgan fingerprint density at radius 2 is 0.654 bits per heavy atom. The zero-order chi connectivity index (χ0) is 15.6. The molecular weight excluding hydrogens is 718 g/mol. The van der Waals surface area contributed by atoms with Crippen molar-refractivity contribution in [3.8, 4) is 0 Å². The third-order valence-electron chi connectivity index (χ3n) is 4.05. The molecule has 0 aromatic carbocycles. The first-order valence-electron chi connectivity index (χ1n) is 6.13. The molecule has 0 amide bonds. The van der Waals surface area contributed by atoms with Crippen molar-refractivity contribution in [2.45, 2.75) is 38.5 Å². The third kappa shape index (κ3) is 7.38. The molecule has 2 aliphatic rings. The number of hydrogen-bond donors (Lipinski definition) is 4. The summed E-state index contributed by atoms with van der Waals surface area (Å²) < 4.78 is 0. The van der Waals surface area contributed by atoms with E-state index >= 15 is 0 Å². The molecule has 0 atom stereocenters. The fourth-order valence-electron chi connectivity index (χ4n) is 2.10. The van der Waals surface area contributed by atoms with Gasteiger partial charge in [0.05, 0.1) is 0 Å². The Bertz CT molecular complexity index is 396. The van der Waals surface area contributed by atoms with Crippen LogP contribution in [0.5, 0.6) is 0 Å². The molecule has 2 saturated carbocycles. The minimum absolute atomic E-state index is 0. The largest absolute Gasteiger partial charge is 2.00 e. The van der Waals surface area contributed by atoms with Gasteiger partial charge in [0.2, 0.25) is 0 Å². The molecular formula is C12H24N4O8Pt2. The maximum atomic E-state index is 10.4. The average Bonchev–Trinajstić information content (AvgIpc) is 2.10. The summed E-state index contributed by atoms with van der Waals surface area (Å²) >= 11 is 0. The van der Waals surface area contributed by atoms with Gasteiger partial charge in [-0.3, -0.25) is 19.2 Å². The molecule has 0 aromatic rings. The van der Waals surface area contributed by atoms with E-state index in [1.165, 1.54) is 0 Å². The van der Waals surface area contributed by atoms with E-state index < -0.39 is 34.7 Å². The molecule has 0 aliphatic heterocycles. The minimum atomic E-state index is -1.44. The molecule has 2 rings (SSSR count). The van der Waals surface area contributed by atoms with Crippen molar-refractivity contribution in [1.29, 1.82) is 0 Å². The molecule has 0 unspecified atom stereocenters. The second kappa shape index (κ2) is 15.2. The maximum absolute atomic E-state index is 10.4. The number of hydrogen-bond acceptors (Lipinski definition) is 4. The Hall–Kier alpha value is -0.903. The zero-order valence-electron chi connectivity index (χ0n) is 13.6. The van der Waals surface area contributed by atoms with Crippen LogP contribution in [0.15, 0.2) is 0 Å². The first-order valence-corrected chi connectivity index (χ1v) is 6.13. The summed E-state index contributed by atoms with van der Waals surface area (Å²) in [4.78, 5) is 41.5. The van der Waals surface area contributed by atoms with Crippen molar-refractivity contribution in [1.82, 2.24) is 0 Å². The predicted octanol–water partition coefficient (Wildman–Crippen LogP) is 3.52. The van der Waals surface area contributed by atoms with Gasteiger partial charge in [-0.2, -0.15) is 0 Å². The molecule has 12 nitrogen and oxygen atoms in total. The van der Waals surface area contributed by atoms with Crippen molar-refractivity contribution in [2.24, 2.45) is 10.8 Å². The third-order valence-corrected chi connectivity index (χ3v) is 4.05. The Balaban J connectivity index is -0.0000000625. The van der Waals surface area contributed by atoms with E-state index in [0.29, 0.717) is 12.8 Å². The molecule has 2 aliphatic carbocycles. The van der Waals surface area contributed by atoms with Gasteiger partial charge in [0, 0.05) is 0 Å². The molecule has 2 fully saturated rings. The summed E-state index contributed by atoms with van der Waals surface area (Å²) in [5.74, 6) is -4.81. The van der Waals surface area contributed by atoms with Gasteiger partial charge in [0.25, 0.3) is 0 Å². The molecule has 0 radical (unpaired) electrons. The summed E-state index contributed by atoms with van der Waals surface area (Å²) in [6.45, 7) is 0. The number of rotatable bonds is 4. The van der Waals surface area contributed by atoms with Crippen LogP contribution in [0, 0.1) is 10.8 Å². The monoisotopic (exact) mass is 742 g/mol. The van der Waals surface area contributed by atoms with Crippen LogP contribution in [0.25, 0.3) is 24.6 Å². The summed E-state index contributed by atoms with van der Waals surface area (Å²) in [5.41, 5.74) is -2.89. The summed E-state index contributed by atoms with van der Waals surface area (Å²) in [7, 11) is 0. The number of carboxylic acid groups (broad SMARTS) is 4. The number of carboxylic acids is 4. The molecule has 0 bridgehead atoms. The molecule has 0 aromatic heterocycles. The van der Waals surface area contributed by atoms with Crippen molar-refractivity contribution < 1.29 is 81.7 Å². The van der Waals surface area contributed by atoms with Crippen LogP contribution in [0.3, 0.4) is 0 Å². The van der Waals surface area contributed by atoms with Crippen molar-refractivity contribution in [3.63, 3.8) is 0 Å². The Labute approximate surface area is 179 Å². The number of aliphatic carboxylic acids is 4. The Kier molecular flexibility index (Phi) is 23.3. The van der Waals surface area contributed by atoms with Crippen LogP contribution in [-0.4, -0.2) is 44.3 Å². The van der Waals surface area contributed by atoms with Crippen molar-refractivity contribution in [2.75, 3.05) is 0 Å². The van der Waals surface area contributed by atoms with Gasteiger partial charge in [-0.15, -0.1) is 0 Å². The average molecular weight is 743 g/mol. The van der Waals surface area contributed by atoms with E-state index in [9.17, 15) is 19.2 Å². The second-order valence-electron chi connectivity index (χ2n) is 5.09. The van der Waals surface area contributed by atoms with Gasteiger partial charge in [-0.25, -0.2) is 0 Å². The first kappa shape index (κ1) is 40.0.